The van der Waals surface area contributed by atoms with Gasteiger partial charge in [0, 0.05) is 18.5 Å². The van der Waals surface area contributed by atoms with Crippen LogP contribution in [-0.2, 0) is 6.42 Å². The number of nitrogens with one attached hydrogen (secondary N) is 1. The molecular formula is C11H11F2N3. The number of nitrogens with zero attached hydrogens (tertiary/aromatic N) is 1. The van der Waals surface area contributed by atoms with E-state index in [1.807, 2.05) is 0 Å². The van der Waals surface area contributed by atoms with Crippen LogP contribution in [0.15, 0.2) is 30.6 Å². The van der Waals surface area contributed by atoms with E-state index < -0.39 is 17.7 Å². The molecule has 1 aromatic carbocycles. The van der Waals surface area contributed by atoms with Crippen LogP contribution in [0.3, 0.4) is 0 Å². The summed E-state index contributed by atoms with van der Waals surface area (Å²) in [5.41, 5.74) is 6.35. The van der Waals surface area contributed by atoms with Crippen LogP contribution in [0.5, 0.6) is 0 Å². The lowest BCUT2D eigenvalue weighted by Gasteiger charge is -2.08. The Labute approximate surface area is 91.3 Å². The predicted molar refractivity (Wildman–Crippen MR) is 55.6 cm³/mol. The van der Waals surface area contributed by atoms with E-state index in [9.17, 15) is 8.78 Å². The molecule has 0 aliphatic heterocycles. The minimum atomic E-state index is -0.596. The molecule has 0 spiro atoms. The summed E-state index contributed by atoms with van der Waals surface area (Å²) in [5.74, 6) is -0.590. The van der Waals surface area contributed by atoms with Gasteiger partial charge in [-0.1, -0.05) is 0 Å². The van der Waals surface area contributed by atoms with Crippen LogP contribution in [-0.4, -0.2) is 9.97 Å². The summed E-state index contributed by atoms with van der Waals surface area (Å²) >= 11 is 0. The molecule has 3 nitrogen and oxygen atoms in total. The third-order valence-corrected chi connectivity index (χ3v) is 2.25. The zero-order valence-electron chi connectivity index (χ0n) is 8.45. The van der Waals surface area contributed by atoms with Crippen molar-refractivity contribution in [3.63, 3.8) is 0 Å². The van der Waals surface area contributed by atoms with Gasteiger partial charge in [-0.3, -0.25) is 0 Å². The summed E-state index contributed by atoms with van der Waals surface area (Å²) in [6, 6.07) is 2.98. The summed E-state index contributed by atoms with van der Waals surface area (Å²) in [6.45, 7) is 0. The fourth-order valence-electron chi connectivity index (χ4n) is 1.56. The smallest absolute Gasteiger partial charge is 0.126 e. The molecule has 0 saturated heterocycles. The van der Waals surface area contributed by atoms with Crippen molar-refractivity contribution >= 4 is 0 Å². The SMILES string of the molecule is NC(Cc1cc(F)cc(F)c1)c1ncc[nH]1. The molecule has 5 heteroatoms. The lowest BCUT2D eigenvalue weighted by Crippen LogP contribution is -2.15. The fourth-order valence-corrected chi connectivity index (χ4v) is 1.56. The van der Waals surface area contributed by atoms with E-state index in [1.54, 1.807) is 12.4 Å². The van der Waals surface area contributed by atoms with E-state index in [0.29, 0.717) is 17.8 Å². The number of H-pyrrole nitrogens is 1. The standard InChI is InChI=1S/C11H11F2N3/c12-8-3-7(4-9(13)6-8)5-10(14)11-15-1-2-16-11/h1-4,6,10H,5,14H2,(H,15,16). The number of aromatic nitrogens is 2. The average Bonchev–Trinajstić information content (AvgIpc) is 2.68. The Kier molecular flexibility index (Phi) is 2.96. The second-order valence-electron chi connectivity index (χ2n) is 3.56. The summed E-state index contributed by atoms with van der Waals surface area (Å²) in [4.78, 5) is 6.85. The number of imidazole rings is 1. The molecule has 1 atom stereocenters. The summed E-state index contributed by atoms with van der Waals surface area (Å²) in [6.07, 6.45) is 3.57. The van der Waals surface area contributed by atoms with Crippen molar-refractivity contribution in [1.82, 2.24) is 9.97 Å². The first-order valence-corrected chi connectivity index (χ1v) is 4.85. The first kappa shape index (κ1) is 10.8. The number of nitrogens with two attached hydrogens (primary N) is 1. The fraction of sp³-hybridized carbons (Fsp3) is 0.182. The highest BCUT2D eigenvalue weighted by atomic mass is 19.1. The highest BCUT2D eigenvalue weighted by molar-refractivity contribution is 5.19. The molecule has 0 radical (unpaired) electrons. The van der Waals surface area contributed by atoms with Gasteiger partial charge in [-0.2, -0.15) is 0 Å². The number of hydrogen-bond donors (Lipinski definition) is 2. The van der Waals surface area contributed by atoms with Crippen molar-refractivity contribution in [3.05, 3.63) is 53.6 Å². The molecule has 0 amide bonds. The molecule has 16 heavy (non-hydrogen) atoms. The molecule has 2 aromatic rings. The van der Waals surface area contributed by atoms with Gasteiger partial charge >= 0.3 is 0 Å². The number of halogens is 2. The molecular weight excluding hydrogens is 212 g/mol. The molecule has 1 aromatic heterocycles. The van der Waals surface area contributed by atoms with Crippen LogP contribution in [0.4, 0.5) is 8.78 Å². The van der Waals surface area contributed by atoms with Crippen LogP contribution in [0.2, 0.25) is 0 Å². The topological polar surface area (TPSA) is 54.7 Å². The van der Waals surface area contributed by atoms with Crippen molar-refractivity contribution < 1.29 is 8.78 Å². The maximum atomic E-state index is 12.9. The zero-order chi connectivity index (χ0) is 11.5. The van der Waals surface area contributed by atoms with Gasteiger partial charge < -0.3 is 10.7 Å². The molecule has 2 rings (SSSR count). The maximum absolute atomic E-state index is 12.9. The first-order valence-electron chi connectivity index (χ1n) is 4.85. The van der Waals surface area contributed by atoms with E-state index >= 15 is 0 Å². The molecule has 0 bridgehead atoms. The van der Waals surface area contributed by atoms with E-state index in [4.69, 9.17) is 5.73 Å². The largest absolute Gasteiger partial charge is 0.347 e. The monoisotopic (exact) mass is 223 g/mol. The Morgan fingerprint density at radius 2 is 1.94 bits per heavy atom. The normalized spacial score (nSPS) is 12.7. The number of hydrogen-bond acceptors (Lipinski definition) is 2. The minimum absolute atomic E-state index is 0.336. The van der Waals surface area contributed by atoms with E-state index in [0.717, 1.165) is 6.07 Å². The first-order chi connectivity index (χ1) is 7.65. The molecule has 84 valence electrons. The van der Waals surface area contributed by atoms with Crippen molar-refractivity contribution in [2.75, 3.05) is 0 Å². The van der Waals surface area contributed by atoms with E-state index in [-0.39, 0.29) is 0 Å². The lowest BCUT2D eigenvalue weighted by molar-refractivity contribution is 0.575. The van der Waals surface area contributed by atoms with Crippen LogP contribution in [0, 0.1) is 11.6 Å². The molecule has 3 N–H and O–H groups in total. The predicted octanol–water partition coefficient (Wildman–Crippen LogP) is 1.93. The molecule has 0 aliphatic carbocycles. The number of benzene rings is 1. The second-order valence-corrected chi connectivity index (χ2v) is 3.56. The summed E-state index contributed by atoms with van der Waals surface area (Å²) < 4.78 is 25.8. The highest BCUT2D eigenvalue weighted by Gasteiger charge is 2.10. The quantitative estimate of drug-likeness (QED) is 0.835. The van der Waals surface area contributed by atoms with Gasteiger partial charge in [0.25, 0.3) is 0 Å². The number of aromatic amines is 1. The van der Waals surface area contributed by atoms with Gasteiger partial charge in [0.05, 0.1) is 6.04 Å². The van der Waals surface area contributed by atoms with Crippen molar-refractivity contribution in [3.8, 4) is 0 Å². The molecule has 0 fully saturated rings. The van der Waals surface area contributed by atoms with Crippen molar-refractivity contribution in [2.24, 2.45) is 5.73 Å². The highest BCUT2D eigenvalue weighted by Crippen LogP contribution is 2.15. The third kappa shape index (κ3) is 2.43. The van der Waals surface area contributed by atoms with Gasteiger partial charge in [0.15, 0.2) is 0 Å². The summed E-state index contributed by atoms with van der Waals surface area (Å²) in [5, 5.41) is 0. The zero-order valence-corrected chi connectivity index (χ0v) is 8.45. The second kappa shape index (κ2) is 4.40. The van der Waals surface area contributed by atoms with Crippen LogP contribution in [0.25, 0.3) is 0 Å². The molecule has 1 unspecified atom stereocenters. The van der Waals surface area contributed by atoms with Gasteiger partial charge in [-0.15, -0.1) is 0 Å². The van der Waals surface area contributed by atoms with Gasteiger partial charge in [-0.05, 0) is 24.1 Å². The average molecular weight is 223 g/mol. The van der Waals surface area contributed by atoms with E-state index in [1.165, 1.54) is 12.1 Å². The molecule has 0 saturated carbocycles. The Hall–Kier alpha value is -1.75. The third-order valence-electron chi connectivity index (χ3n) is 2.25. The molecule has 1 heterocycles. The molecule has 0 aliphatic rings. The lowest BCUT2D eigenvalue weighted by atomic mass is 10.1. The van der Waals surface area contributed by atoms with Crippen LogP contribution in [0.1, 0.15) is 17.4 Å². The Balaban J connectivity index is 2.15. The number of rotatable bonds is 3. The minimum Gasteiger partial charge on any atom is -0.347 e. The summed E-state index contributed by atoms with van der Waals surface area (Å²) in [7, 11) is 0. The Morgan fingerprint density at radius 3 is 2.50 bits per heavy atom. The maximum Gasteiger partial charge on any atom is 0.126 e. The van der Waals surface area contributed by atoms with E-state index in [2.05, 4.69) is 9.97 Å². The van der Waals surface area contributed by atoms with Crippen LogP contribution < -0.4 is 5.73 Å². The van der Waals surface area contributed by atoms with Crippen molar-refractivity contribution in [2.45, 2.75) is 12.5 Å². The van der Waals surface area contributed by atoms with Gasteiger partial charge in [0.2, 0.25) is 0 Å². The van der Waals surface area contributed by atoms with Gasteiger partial charge in [-0.25, -0.2) is 13.8 Å². The van der Waals surface area contributed by atoms with Gasteiger partial charge in [0.1, 0.15) is 17.5 Å². The van der Waals surface area contributed by atoms with Crippen LogP contribution >= 0.6 is 0 Å². The Bertz CT molecular complexity index is 448. The van der Waals surface area contributed by atoms with Crippen molar-refractivity contribution in [1.29, 1.82) is 0 Å². The Morgan fingerprint density at radius 1 is 1.25 bits per heavy atom.